The molecule has 0 spiro atoms. The van der Waals surface area contributed by atoms with E-state index < -0.39 is 0 Å². The molecule has 9 nitrogen and oxygen atoms in total. The Morgan fingerprint density at radius 3 is 0.837 bits per heavy atom. The van der Waals surface area contributed by atoms with Crippen LogP contribution in [0.15, 0.2) is 279 Å². The Hall–Kier alpha value is -10.8. The van der Waals surface area contributed by atoms with Crippen molar-refractivity contribution < 1.29 is 9.59 Å². The van der Waals surface area contributed by atoms with Gasteiger partial charge >= 0.3 is 0 Å². The van der Waals surface area contributed by atoms with E-state index in [0.717, 1.165) is 99.6 Å². The van der Waals surface area contributed by atoms with Crippen LogP contribution in [-0.4, -0.2) is 49.1 Å². The molecule has 0 aliphatic heterocycles. The van der Waals surface area contributed by atoms with E-state index in [9.17, 15) is 9.59 Å². The van der Waals surface area contributed by atoms with E-state index in [1.54, 1.807) is 0 Å². The maximum atomic E-state index is 10.1. The first-order chi connectivity index (χ1) is 63.8. The third-order valence-electron chi connectivity index (χ3n) is 23.8. The van der Waals surface area contributed by atoms with Gasteiger partial charge < -0.3 is 41.2 Å². The molecule has 0 radical (unpaired) electrons. The van der Waals surface area contributed by atoms with Crippen molar-refractivity contribution in [3.05, 3.63) is 301 Å². The van der Waals surface area contributed by atoms with E-state index in [4.69, 9.17) is 11.5 Å². The van der Waals surface area contributed by atoms with Gasteiger partial charge in [0, 0.05) is 114 Å². The Balaban J connectivity index is 0.00000153. The monoisotopic (exact) mass is 1830 g/mol. The number of nitrogens with two attached hydrogens (primary N) is 2. The van der Waals surface area contributed by atoms with Crippen LogP contribution in [0.3, 0.4) is 0 Å². The second-order valence-corrected chi connectivity index (χ2v) is 32.7. The average Bonchev–Trinajstić information content (AvgIpc) is 1.60. The number of fused-ring (bicyclic) bond motifs is 5. The van der Waals surface area contributed by atoms with Crippen molar-refractivity contribution in [3.63, 3.8) is 0 Å². The van der Waals surface area contributed by atoms with Crippen LogP contribution < -0.4 is 11.5 Å². The number of Topliss-reactive ketones (excluding diaryl/α,β-unsaturated/α-hetero) is 1. The number of para-hydroxylation sites is 5. The second-order valence-electron chi connectivity index (χ2n) is 32.7. The summed E-state index contributed by atoms with van der Waals surface area (Å²) in [6.07, 6.45) is 17.3. The second kappa shape index (κ2) is 69.0. The molecular formula is C126H187N7O2. The topological polar surface area (TPSA) is 165 Å². The lowest BCUT2D eigenvalue weighted by Crippen LogP contribution is -2.37. The third kappa shape index (κ3) is 35.3. The number of hydrogen-bond acceptors (Lipinski definition) is 4. The van der Waals surface area contributed by atoms with Gasteiger partial charge in [0.05, 0.1) is 0 Å². The Morgan fingerprint density at radius 2 is 0.548 bits per heavy atom. The number of aldehydes is 1. The zero-order chi connectivity index (χ0) is 95.5. The summed E-state index contributed by atoms with van der Waals surface area (Å²) in [5.74, 6) is 7.05. The molecule has 5 aromatic heterocycles. The van der Waals surface area contributed by atoms with E-state index in [2.05, 4.69) is 320 Å². The van der Waals surface area contributed by atoms with E-state index in [-0.39, 0.29) is 37.1 Å². The predicted molar refractivity (Wildman–Crippen MR) is 608 cm³/mol. The minimum atomic E-state index is 0. The number of rotatable bonds is 12. The van der Waals surface area contributed by atoms with Gasteiger partial charge in [-0.2, -0.15) is 0 Å². The molecule has 9 heteroatoms. The fourth-order valence-electron chi connectivity index (χ4n) is 17.8. The van der Waals surface area contributed by atoms with Crippen molar-refractivity contribution >= 4 is 66.6 Å². The van der Waals surface area contributed by atoms with Crippen molar-refractivity contribution in [2.75, 3.05) is 0 Å². The highest BCUT2D eigenvalue weighted by Gasteiger charge is 2.34. The summed E-state index contributed by atoms with van der Waals surface area (Å²) in [6, 6.07) is 99.0. The molecule has 738 valence electrons. The molecule has 6 saturated carbocycles. The molecule has 0 saturated heterocycles. The zero-order valence-corrected chi connectivity index (χ0v) is 84.4. The Morgan fingerprint density at radius 1 is 0.281 bits per heavy atom. The molecule has 5 heterocycles. The number of carbonyl (C=O) groups excluding carboxylic acids is 2. The Labute approximate surface area is 823 Å². The summed E-state index contributed by atoms with van der Waals surface area (Å²) in [7, 11) is 0. The van der Waals surface area contributed by atoms with Crippen molar-refractivity contribution in [1.82, 2.24) is 24.9 Å². The molecule has 0 atom stereocenters. The van der Waals surface area contributed by atoms with Gasteiger partial charge in [0.15, 0.2) is 0 Å². The molecule has 21 rings (SSSR count). The minimum absolute atomic E-state index is 0. The van der Waals surface area contributed by atoms with Crippen molar-refractivity contribution in [2.24, 2.45) is 52.9 Å². The van der Waals surface area contributed by atoms with Gasteiger partial charge in [0.25, 0.3) is 0 Å². The van der Waals surface area contributed by atoms with Gasteiger partial charge in [-0.25, -0.2) is 0 Å². The van der Waals surface area contributed by atoms with E-state index >= 15 is 0 Å². The van der Waals surface area contributed by atoms with Gasteiger partial charge in [-0.1, -0.05) is 446 Å². The highest BCUT2D eigenvalue weighted by molar-refractivity contribution is 5.95. The Kier molecular flexibility index (Phi) is 63.5. The average molecular weight is 1830 g/mol. The van der Waals surface area contributed by atoms with Gasteiger partial charge in [0.1, 0.15) is 12.1 Å². The number of benzene rings is 10. The van der Waals surface area contributed by atoms with Crippen LogP contribution in [-0.2, 0) is 22.4 Å². The summed E-state index contributed by atoms with van der Waals surface area (Å²) in [4.78, 5) is 38.0. The number of H-pyrrole nitrogens is 5. The van der Waals surface area contributed by atoms with Crippen LogP contribution >= 0.6 is 0 Å². The molecule has 0 amide bonds. The quantitative estimate of drug-likeness (QED) is 0.0606. The smallest absolute Gasteiger partial charge is 0.133 e. The van der Waals surface area contributed by atoms with Crippen molar-refractivity contribution in [3.8, 4) is 56.3 Å². The first-order valence-electron chi connectivity index (χ1n) is 50.6. The van der Waals surface area contributed by atoms with Gasteiger partial charge in [-0.3, -0.25) is 4.79 Å². The molecule has 135 heavy (non-hydrogen) atoms. The molecular weight excluding hydrogens is 1640 g/mol. The van der Waals surface area contributed by atoms with Gasteiger partial charge in [-0.15, -0.1) is 0 Å². The normalized spacial score (nSPS) is 17.9. The summed E-state index contributed by atoms with van der Waals surface area (Å²) in [6.45, 7) is 49.0. The number of carbonyl (C=O) groups is 2. The SMILES string of the molecule is C.C.C.C.C.CC.CC.CC.CC.CC.CC.CC.CC.CC.CC.CC1CC(=O)C1.CC1CC(C=O)C1.CC1CC(Cc2c(-c3ccccc3)[nH]c3ccccc23)C1.CC1CC(c2c(-c3ccccc3)[nH]c3ccccc23)C1.NC1CC(Cc2c(-c3ccccc3)[nH]c3ccccc23)C1.NC1CC(c2c(-c3ccccc3)[nH]c3ccccc23)C1.c1ccc(-c2cc3ccccc3[nH]2)cc1. The molecule has 0 bridgehead atoms. The van der Waals surface area contributed by atoms with E-state index in [0.29, 0.717) is 35.6 Å². The zero-order valence-electron chi connectivity index (χ0n) is 84.4. The molecule has 6 aliphatic carbocycles. The third-order valence-corrected chi connectivity index (χ3v) is 23.8. The van der Waals surface area contributed by atoms with Gasteiger partial charge in [-0.05, 0) is 211 Å². The van der Waals surface area contributed by atoms with E-state index in [1.807, 2.05) is 151 Å². The lowest BCUT2D eigenvalue weighted by atomic mass is 9.71. The van der Waals surface area contributed by atoms with Crippen LogP contribution in [0.4, 0.5) is 0 Å². The number of nitrogens with one attached hydrogen (secondary N) is 5. The highest BCUT2D eigenvalue weighted by Crippen LogP contribution is 2.49. The molecule has 0 unspecified atom stereocenters. The van der Waals surface area contributed by atoms with E-state index in [1.165, 1.54) is 165 Å². The van der Waals surface area contributed by atoms with Crippen LogP contribution in [0.5, 0.6) is 0 Å². The fourth-order valence-corrected chi connectivity index (χ4v) is 17.8. The molecule has 15 aromatic rings. The van der Waals surface area contributed by atoms with Crippen LogP contribution in [0.2, 0.25) is 0 Å². The largest absolute Gasteiger partial charge is 0.355 e. The molecule has 6 fully saturated rings. The number of hydrogen-bond donors (Lipinski definition) is 7. The van der Waals surface area contributed by atoms with Crippen LogP contribution in [0, 0.1) is 41.4 Å². The molecule has 10 aromatic carbocycles. The minimum Gasteiger partial charge on any atom is -0.355 e. The lowest BCUT2D eigenvalue weighted by molar-refractivity contribution is -0.126. The highest BCUT2D eigenvalue weighted by atomic mass is 16.1. The maximum absolute atomic E-state index is 10.1. The summed E-state index contributed by atoms with van der Waals surface area (Å²) >= 11 is 0. The van der Waals surface area contributed by atoms with Crippen LogP contribution in [0.1, 0.15) is 314 Å². The van der Waals surface area contributed by atoms with Gasteiger partial charge in [0.2, 0.25) is 0 Å². The number of aromatic nitrogens is 5. The summed E-state index contributed by atoms with van der Waals surface area (Å²) < 4.78 is 0. The summed E-state index contributed by atoms with van der Waals surface area (Å²) in [5, 5.41) is 6.77. The number of aromatic amines is 5. The van der Waals surface area contributed by atoms with Crippen molar-refractivity contribution in [2.45, 2.75) is 317 Å². The first kappa shape index (κ1) is 124. The Bertz CT molecular complexity index is 5160. The standard InChI is InChI=1S/C20H21N.C19H20N2.C19H19N.C18H18N2.C14H11N.C6H10O.C5H8O.10C2H6.5CH4/c1-14-11-15(12-14)13-18-17-9-5-6-10-19(17)21-20(18)16-7-3-2-4-8-16;20-15-10-13(11-15)12-17-16-8-4-5-9-18(16)21-19(17)14-6-2-1-3-7-14;1-13-11-15(12-13)18-16-9-5-6-10-17(16)20-19(18)14-7-3-2-4-8-14;19-14-10-13(11-14)17-15-8-4-5-9-16(15)20-18(17)12-6-2-1-3-7-12;1-2-6-11(7-3-1)14-10-12-8-4-5-9-13(12)15-14;1-5-2-6(3-5)4-7;1-4-2-5(6)3-4;10*1-2;;;;;/h2-10,14-15,21H,11-13H2,1H3;1-9,13,15,21H,10-12,20H2;2-10,13,15,20H,11-12H2,1H3;1-9,13-14,20H,10-11,19H2;1-10,15H;4-6H,2-3H2,1H3;4H,2-3H2,1H3;10*1-2H3;5*1H4. The predicted octanol–water partition coefficient (Wildman–Crippen LogP) is 38.4. The molecule has 6 aliphatic rings. The van der Waals surface area contributed by atoms with Crippen LogP contribution in [0.25, 0.3) is 111 Å². The number of ketones is 1. The maximum Gasteiger partial charge on any atom is 0.133 e. The lowest BCUT2D eigenvalue weighted by Gasteiger charge is -2.33. The summed E-state index contributed by atoms with van der Waals surface area (Å²) in [5.41, 5.74) is 36.8. The fraction of sp³-hybridized carbons (Fsp3) is 0.429. The first-order valence-corrected chi connectivity index (χ1v) is 50.6. The van der Waals surface area contributed by atoms with Crippen molar-refractivity contribution in [1.29, 1.82) is 0 Å². The molecule has 9 N–H and O–H groups in total.